The molecule has 0 aromatic carbocycles. The molecule has 2 aliphatic heterocycles. The Morgan fingerprint density at radius 2 is 2.45 bits per heavy atom. The Labute approximate surface area is 64.7 Å². The van der Waals surface area contributed by atoms with Gasteiger partial charge < -0.3 is 14.0 Å². The standard InChI is InChI=1S/C5H4O5S/c6-5-4(2-1-3-8-5)9-11(7)10-5/h1-3,6H. The van der Waals surface area contributed by atoms with E-state index in [4.69, 9.17) is 0 Å². The van der Waals surface area contributed by atoms with Gasteiger partial charge in [-0.1, -0.05) is 0 Å². The molecule has 0 bridgehead atoms. The van der Waals surface area contributed by atoms with Crippen LogP contribution in [0.25, 0.3) is 0 Å². The van der Waals surface area contributed by atoms with Crippen molar-refractivity contribution >= 4 is 11.4 Å². The Morgan fingerprint density at radius 1 is 1.64 bits per heavy atom. The van der Waals surface area contributed by atoms with Crippen molar-refractivity contribution in [2.75, 3.05) is 0 Å². The van der Waals surface area contributed by atoms with Crippen LogP contribution >= 0.6 is 0 Å². The van der Waals surface area contributed by atoms with E-state index in [0.29, 0.717) is 0 Å². The van der Waals surface area contributed by atoms with Crippen LogP contribution in [-0.2, 0) is 24.5 Å². The zero-order chi connectivity index (χ0) is 7.90. The van der Waals surface area contributed by atoms with E-state index < -0.39 is 17.3 Å². The van der Waals surface area contributed by atoms with Crippen LogP contribution in [0.3, 0.4) is 0 Å². The first-order valence-corrected chi connectivity index (χ1v) is 3.78. The molecule has 60 valence electrons. The normalized spacial score (nSPS) is 40.5. The summed E-state index contributed by atoms with van der Waals surface area (Å²) in [6, 6.07) is 0. The van der Waals surface area contributed by atoms with Crippen LogP contribution in [0.4, 0.5) is 0 Å². The lowest BCUT2D eigenvalue weighted by atomic mass is 10.3. The maximum Gasteiger partial charge on any atom is 0.403 e. The third-order valence-corrected chi connectivity index (χ3v) is 1.88. The van der Waals surface area contributed by atoms with Gasteiger partial charge in [0, 0.05) is 0 Å². The van der Waals surface area contributed by atoms with E-state index in [0.717, 1.165) is 0 Å². The number of hydrogen-bond donors (Lipinski definition) is 1. The molecule has 0 aromatic heterocycles. The minimum atomic E-state index is -1.99. The van der Waals surface area contributed by atoms with Crippen molar-refractivity contribution in [2.45, 2.75) is 5.97 Å². The van der Waals surface area contributed by atoms with Gasteiger partial charge in [-0.05, 0) is 12.2 Å². The summed E-state index contributed by atoms with van der Waals surface area (Å²) in [7, 11) is 0. The summed E-state index contributed by atoms with van der Waals surface area (Å²) in [4.78, 5) is 0. The predicted molar refractivity (Wildman–Crippen MR) is 33.6 cm³/mol. The fourth-order valence-electron chi connectivity index (χ4n) is 0.745. The highest BCUT2D eigenvalue weighted by Crippen LogP contribution is 2.33. The van der Waals surface area contributed by atoms with Gasteiger partial charge in [-0.2, -0.15) is 8.39 Å². The second kappa shape index (κ2) is 2.07. The molecule has 0 aromatic rings. The average molecular weight is 176 g/mol. The lowest BCUT2D eigenvalue weighted by Gasteiger charge is -2.18. The second-order valence-corrected chi connectivity index (χ2v) is 2.67. The molecule has 0 amide bonds. The predicted octanol–water partition coefficient (Wildman–Crippen LogP) is -0.314. The van der Waals surface area contributed by atoms with E-state index in [-0.39, 0.29) is 5.76 Å². The number of rotatable bonds is 0. The molecule has 1 N–H and O–H groups in total. The lowest BCUT2D eigenvalue weighted by Crippen LogP contribution is -2.32. The van der Waals surface area contributed by atoms with E-state index in [2.05, 4.69) is 13.1 Å². The van der Waals surface area contributed by atoms with Gasteiger partial charge in [-0.25, -0.2) is 0 Å². The topological polar surface area (TPSA) is 65.0 Å². The lowest BCUT2D eigenvalue weighted by molar-refractivity contribution is -0.260. The summed E-state index contributed by atoms with van der Waals surface area (Å²) in [5.41, 5.74) is 0. The van der Waals surface area contributed by atoms with E-state index in [1.54, 1.807) is 0 Å². The molecule has 0 spiro atoms. The largest absolute Gasteiger partial charge is 0.440 e. The van der Waals surface area contributed by atoms with Crippen LogP contribution in [0, 0.1) is 0 Å². The number of ether oxygens (including phenoxy) is 1. The Kier molecular flexibility index (Phi) is 1.28. The molecule has 1 fully saturated rings. The van der Waals surface area contributed by atoms with Crippen molar-refractivity contribution in [3.05, 3.63) is 24.2 Å². The minimum Gasteiger partial charge on any atom is -0.440 e. The van der Waals surface area contributed by atoms with Gasteiger partial charge in [0.2, 0.25) is 5.76 Å². The molecule has 5 nitrogen and oxygen atoms in total. The Morgan fingerprint density at radius 3 is 3.18 bits per heavy atom. The molecule has 2 aliphatic rings. The van der Waals surface area contributed by atoms with Crippen molar-refractivity contribution in [1.82, 2.24) is 0 Å². The number of allylic oxidation sites excluding steroid dienone is 2. The molecule has 0 saturated carbocycles. The SMILES string of the molecule is O=S1OC2=CC=COC2(O)O1. The molecule has 1 saturated heterocycles. The van der Waals surface area contributed by atoms with Crippen molar-refractivity contribution < 1.29 is 22.4 Å². The third-order valence-electron chi connectivity index (χ3n) is 1.20. The van der Waals surface area contributed by atoms with Crippen LogP contribution in [0.2, 0.25) is 0 Å². The van der Waals surface area contributed by atoms with Crippen LogP contribution < -0.4 is 0 Å². The molecular weight excluding hydrogens is 172 g/mol. The zero-order valence-electron chi connectivity index (χ0n) is 5.22. The summed E-state index contributed by atoms with van der Waals surface area (Å²) < 4.78 is 24.2. The van der Waals surface area contributed by atoms with Gasteiger partial charge >= 0.3 is 17.3 Å². The number of hydrogen-bond acceptors (Lipinski definition) is 5. The number of fused-ring (bicyclic) bond motifs is 1. The fraction of sp³-hybridized carbons (Fsp3) is 0.200. The van der Waals surface area contributed by atoms with Gasteiger partial charge in [0.05, 0.1) is 6.26 Å². The van der Waals surface area contributed by atoms with Crippen molar-refractivity contribution in [1.29, 1.82) is 0 Å². The highest BCUT2D eigenvalue weighted by Gasteiger charge is 2.48. The first kappa shape index (κ1) is 6.84. The molecule has 2 heterocycles. The molecule has 6 heteroatoms. The monoisotopic (exact) mass is 176 g/mol. The molecular formula is C5H4O5S. The molecule has 0 radical (unpaired) electrons. The van der Waals surface area contributed by atoms with Crippen molar-refractivity contribution in [3.8, 4) is 0 Å². The van der Waals surface area contributed by atoms with Gasteiger partial charge in [0.1, 0.15) is 0 Å². The maximum atomic E-state index is 10.6. The highest BCUT2D eigenvalue weighted by atomic mass is 32.2. The smallest absolute Gasteiger partial charge is 0.403 e. The Balaban J connectivity index is 2.37. The molecule has 2 atom stereocenters. The highest BCUT2D eigenvalue weighted by molar-refractivity contribution is 7.75. The van der Waals surface area contributed by atoms with E-state index in [9.17, 15) is 9.32 Å². The third kappa shape index (κ3) is 0.953. The van der Waals surface area contributed by atoms with E-state index in [1.807, 2.05) is 0 Å². The van der Waals surface area contributed by atoms with Crippen molar-refractivity contribution in [3.63, 3.8) is 0 Å². The van der Waals surface area contributed by atoms with Gasteiger partial charge in [0.25, 0.3) is 0 Å². The molecule has 0 aliphatic carbocycles. The fourth-order valence-corrected chi connectivity index (χ4v) is 1.39. The van der Waals surface area contributed by atoms with Crippen molar-refractivity contribution in [2.24, 2.45) is 0 Å². The summed E-state index contributed by atoms with van der Waals surface area (Å²) in [5.74, 6) is -1.99. The first-order chi connectivity index (χ1) is 5.21. The van der Waals surface area contributed by atoms with Crippen LogP contribution in [0.1, 0.15) is 0 Å². The van der Waals surface area contributed by atoms with Gasteiger partial charge in [0.15, 0.2) is 0 Å². The van der Waals surface area contributed by atoms with E-state index >= 15 is 0 Å². The Bertz CT molecular complexity index is 270. The number of aliphatic hydroxyl groups is 1. The van der Waals surface area contributed by atoms with Gasteiger partial charge in [-0.3, -0.25) is 0 Å². The van der Waals surface area contributed by atoms with Crippen LogP contribution in [0.15, 0.2) is 24.2 Å². The first-order valence-electron chi connectivity index (χ1n) is 2.78. The summed E-state index contributed by atoms with van der Waals surface area (Å²) in [6.07, 6.45) is 4.12. The Hall–Kier alpha value is -0.850. The second-order valence-electron chi connectivity index (χ2n) is 1.93. The summed E-state index contributed by atoms with van der Waals surface area (Å²) in [5, 5.41) is 9.30. The maximum absolute atomic E-state index is 10.6. The molecule has 11 heavy (non-hydrogen) atoms. The zero-order valence-corrected chi connectivity index (χ0v) is 6.04. The quantitative estimate of drug-likeness (QED) is 0.548. The average Bonchev–Trinajstić information content (AvgIpc) is 2.22. The van der Waals surface area contributed by atoms with Crippen LogP contribution in [0.5, 0.6) is 0 Å². The molecule has 2 rings (SSSR count). The summed E-state index contributed by atoms with van der Waals surface area (Å²) in [6.45, 7) is 0. The summed E-state index contributed by atoms with van der Waals surface area (Å²) >= 11 is -1.97. The molecule has 2 unspecified atom stereocenters. The van der Waals surface area contributed by atoms with E-state index in [1.165, 1.54) is 18.4 Å². The van der Waals surface area contributed by atoms with Gasteiger partial charge in [-0.15, -0.1) is 0 Å². The minimum absolute atomic E-state index is 0.00154. The van der Waals surface area contributed by atoms with Crippen LogP contribution in [-0.4, -0.2) is 15.3 Å².